The Morgan fingerprint density at radius 1 is 1.35 bits per heavy atom. The van der Waals surface area contributed by atoms with Crippen molar-refractivity contribution >= 4 is 5.78 Å². The number of carbonyl (C=O) groups excluding carboxylic acids is 1. The molecule has 20 heavy (non-hydrogen) atoms. The predicted octanol–water partition coefficient (Wildman–Crippen LogP) is 2.09. The number of ketones is 1. The van der Waals surface area contributed by atoms with E-state index < -0.39 is 6.04 Å². The standard InChI is InChI=1S/C15H19N3O2/c1-10(2)20-13-7-5-4-6-12(13)15(19)14(16)11-8-17-18(3)9-11/h4-10,14H,16H2,1-3H3. The van der Waals surface area contributed by atoms with Gasteiger partial charge in [0.1, 0.15) is 5.75 Å². The lowest BCUT2D eigenvalue weighted by molar-refractivity contribution is 0.0955. The molecule has 0 aliphatic heterocycles. The van der Waals surface area contributed by atoms with Crippen molar-refractivity contribution in [3.05, 3.63) is 47.8 Å². The molecule has 1 aromatic heterocycles. The van der Waals surface area contributed by atoms with Gasteiger partial charge in [0.05, 0.1) is 23.9 Å². The minimum absolute atomic E-state index is 0.00133. The maximum Gasteiger partial charge on any atom is 0.187 e. The third-order valence-corrected chi connectivity index (χ3v) is 2.88. The zero-order valence-electron chi connectivity index (χ0n) is 11.9. The van der Waals surface area contributed by atoms with Crippen molar-refractivity contribution in [2.45, 2.75) is 26.0 Å². The van der Waals surface area contributed by atoms with Gasteiger partial charge >= 0.3 is 0 Å². The number of carbonyl (C=O) groups is 1. The topological polar surface area (TPSA) is 70.1 Å². The van der Waals surface area contributed by atoms with Gasteiger partial charge in [-0.1, -0.05) is 12.1 Å². The quantitative estimate of drug-likeness (QED) is 0.847. The van der Waals surface area contributed by atoms with E-state index in [9.17, 15) is 4.79 Å². The summed E-state index contributed by atoms with van der Waals surface area (Å²) in [5.74, 6) is 0.390. The van der Waals surface area contributed by atoms with Crippen molar-refractivity contribution in [1.82, 2.24) is 9.78 Å². The molecule has 5 heteroatoms. The van der Waals surface area contributed by atoms with Crippen molar-refractivity contribution < 1.29 is 9.53 Å². The van der Waals surface area contributed by atoms with Crippen LogP contribution in [-0.4, -0.2) is 21.7 Å². The summed E-state index contributed by atoms with van der Waals surface area (Å²) < 4.78 is 7.28. The number of nitrogens with zero attached hydrogens (tertiary/aromatic N) is 2. The number of nitrogens with two attached hydrogens (primary N) is 1. The van der Waals surface area contributed by atoms with Gasteiger partial charge in [0.25, 0.3) is 0 Å². The summed E-state index contributed by atoms with van der Waals surface area (Å²) in [7, 11) is 1.79. The van der Waals surface area contributed by atoms with Crippen molar-refractivity contribution in [1.29, 1.82) is 0 Å². The molecule has 0 saturated heterocycles. The molecule has 0 bridgehead atoms. The molecule has 0 saturated carbocycles. The fraction of sp³-hybridized carbons (Fsp3) is 0.333. The molecule has 2 N–H and O–H groups in total. The lowest BCUT2D eigenvalue weighted by Crippen LogP contribution is -2.22. The number of ether oxygens (including phenoxy) is 1. The van der Waals surface area contributed by atoms with E-state index >= 15 is 0 Å². The molecule has 2 rings (SSSR count). The SMILES string of the molecule is CC(C)Oc1ccccc1C(=O)C(N)c1cnn(C)c1. The fourth-order valence-corrected chi connectivity index (χ4v) is 1.95. The van der Waals surface area contributed by atoms with E-state index in [0.29, 0.717) is 16.9 Å². The Hall–Kier alpha value is -2.14. The molecule has 2 aromatic rings. The molecule has 0 aliphatic rings. The second-order valence-corrected chi connectivity index (χ2v) is 4.95. The van der Waals surface area contributed by atoms with Gasteiger partial charge in [-0.2, -0.15) is 5.10 Å². The van der Waals surface area contributed by atoms with E-state index in [2.05, 4.69) is 5.10 Å². The van der Waals surface area contributed by atoms with Crippen LogP contribution in [0, 0.1) is 0 Å². The van der Waals surface area contributed by atoms with Crippen molar-refractivity contribution in [3.63, 3.8) is 0 Å². The number of para-hydroxylation sites is 1. The fourth-order valence-electron chi connectivity index (χ4n) is 1.95. The second kappa shape index (κ2) is 5.88. The number of aryl methyl sites for hydroxylation is 1. The summed E-state index contributed by atoms with van der Waals surface area (Å²) in [4.78, 5) is 12.5. The van der Waals surface area contributed by atoms with Crippen LogP contribution < -0.4 is 10.5 Å². The molecule has 1 heterocycles. The van der Waals surface area contributed by atoms with Gasteiger partial charge in [0.15, 0.2) is 5.78 Å². The highest BCUT2D eigenvalue weighted by Gasteiger charge is 2.22. The van der Waals surface area contributed by atoms with Crippen LogP contribution in [0.2, 0.25) is 0 Å². The zero-order chi connectivity index (χ0) is 14.7. The number of aromatic nitrogens is 2. The summed E-state index contributed by atoms with van der Waals surface area (Å²) in [6, 6.07) is 6.42. The maximum atomic E-state index is 12.5. The molecule has 5 nitrogen and oxygen atoms in total. The summed E-state index contributed by atoms with van der Waals surface area (Å²) in [5.41, 5.74) is 7.21. The van der Waals surface area contributed by atoms with Gasteiger partial charge in [-0.25, -0.2) is 0 Å². The van der Waals surface area contributed by atoms with Gasteiger partial charge < -0.3 is 10.5 Å². The molecule has 0 aliphatic carbocycles. The largest absolute Gasteiger partial charge is 0.490 e. The van der Waals surface area contributed by atoms with Gasteiger partial charge in [0.2, 0.25) is 0 Å². The summed E-state index contributed by atoms with van der Waals surface area (Å²) >= 11 is 0. The lowest BCUT2D eigenvalue weighted by atomic mass is 10.00. The number of Topliss-reactive ketones (excluding diaryl/α,β-unsaturated/α-hetero) is 1. The molecule has 1 atom stereocenters. The molecular weight excluding hydrogens is 254 g/mol. The van der Waals surface area contributed by atoms with E-state index in [4.69, 9.17) is 10.5 Å². The van der Waals surface area contributed by atoms with E-state index in [1.165, 1.54) is 0 Å². The van der Waals surface area contributed by atoms with E-state index in [0.717, 1.165) is 0 Å². The lowest BCUT2D eigenvalue weighted by Gasteiger charge is -2.15. The highest BCUT2D eigenvalue weighted by atomic mass is 16.5. The second-order valence-electron chi connectivity index (χ2n) is 4.95. The Morgan fingerprint density at radius 3 is 2.65 bits per heavy atom. The number of hydrogen-bond donors (Lipinski definition) is 1. The van der Waals surface area contributed by atoms with Crippen LogP contribution in [0.15, 0.2) is 36.7 Å². The summed E-state index contributed by atoms with van der Waals surface area (Å²) in [5, 5.41) is 4.04. The third-order valence-electron chi connectivity index (χ3n) is 2.88. The Kier molecular flexibility index (Phi) is 4.20. The molecule has 0 spiro atoms. The van der Waals surface area contributed by atoms with Gasteiger partial charge in [0, 0.05) is 18.8 Å². The minimum atomic E-state index is -0.736. The average Bonchev–Trinajstić information content (AvgIpc) is 2.84. The average molecular weight is 273 g/mol. The first-order chi connectivity index (χ1) is 9.49. The minimum Gasteiger partial charge on any atom is -0.490 e. The number of benzene rings is 1. The van der Waals surface area contributed by atoms with Crippen molar-refractivity contribution in [2.75, 3.05) is 0 Å². The van der Waals surface area contributed by atoms with Crippen LogP contribution in [0.1, 0.15) is 35.8 Å². The Bertz CT molecular complexity index is 605. The molecule has 106 valence electrons. The van der Waals surface area contributed by atoms with Gasteiger partial charge in [-0.3, -0.25) is 9.48 Å². The molecule has 1 unspecified atom stereocenters. The first-order valence-electron chi connectivity index (χ1n) is 6.53. The van der Waals surface area contributed by atoms with Gasteiger partial charge in [-0.05, 0) is 26.0 Å². The Labute approximate surface area is 118 Å². The summed E-state index contributed by atoms with van der Waals surface area (Å²) in [6.07, 6.45) is 3.35. The molecule has 0 radical (unpaired) electrons. The highest BCUT2D eigenvalue weighted by Crippen LogP contribution is 2.24. The third kappa shape index (κ3) is 3.05. The highest BCUT2D eigenvalue weighted by molar-refractivity contribution is 6.02. The number of hydrogen-bond acceptors (Lipinski definition) is 4. The number of rotatable bonds is 5. The Balaban J connectivity index is 2.29. The predicted molar refractivity (Wildman–Crippen MR) is 76.7 cm³/mol. The van der Waals surface area contributed by atoms with Crippen LogP contribution in [0.5, 0.6) is 5.75 Å². The normalized spacial score (nSPS) is 12.4. The smallest absolute Gasteiger partial charge is 0.187 e. The van der Waals surface area contributed by atoms with Crippen molar-refractivity contribution in [2.24, 2.45) is 12.8 Å². The van der Waals surface area contributed by atoms with Gasteiger partial charge in [-0.15, -0.1) is 0 Å². The molecule has 0 amide bonds. The van der Waals surface area contributed by atoms with Crippen LogP contribution in [-0.2, 0) is 7.05 Å². The maximum absolute atomic E-state index is 12.5. The first kappa shape index (κ1) is 14.3. The monoisotopic (exact) mass is 273 g/mol. The molecular formula is C15H19N3O2. The van der Waals surface area contributed by atoms with Crippen LogP contribution >= 0.6 is 0 Å². The van der Waals surface area contributed by atoms with Crippen LogP contribution in [0.25, 0.3) is 0 Å². The van der Waals surface area contributed by atoms with Crippen LogP contribution in [0.3, 0.4) is 0 Å². The molecule has 1 aromatic carbocycles. The molecule has 0 fully saturated rings. The first-order valence-corrected chi connectivity index (χ1v) is 6.53. The van der Waals surface area contributed by atoms with E-state index in [-0.39, 0.29) is 11.9 Å². The van der Waals surface area contributed by atoms with Crippen molar-refractivity contribution in [3.8, 4) is 5.75 Å². The van der Waals surface area contributed by atoms with E-state index in [1.807, 2.05) is 19.9 Å². The van der Waals surface area contributed by atoms with Crippen LogP contribution in [0.4, 0.5) is 0 Å². The zero-order valence-corrected chi connectivity index (χ0v) is 11.9. The van der Waals surface area contributed by atoms with E-state index in [1.54, 1.807) is 42.3 Å². The Morgan fingerprint density at radius 2 is 2.05 bits per heavy atom. The summed E-state index contributed by atoms with van der Waals surface area (Å²) in [6.45, 7) is 3.84.